The zero-order valence-electron chi connectivity index (χ0n) is 10.3. The molecule has 5 nitrogen and oxygen atoms in total. The molecule has 1 aliphatic heterocycles. The molecule has 2 aromatic rings. The number of rotatable bonds is 1. The number of aryl methyl sites for hydroxylation is 1. The van der Waals surface area contributed by atoms with Crippen LogP contribution in [-0.2, 0) is 9.59 Å². The summed E-state index contributed by atoms with van der Waals surface area (Å²) in [7, 11) is 0. The third kappa shape index (κ3) is 1.89. The highest BCUT2D eigenvalue weighted by atomic mass is 19.1. The number of nitrogens with zero attached hydrogens (tertiary/aromatic N) is 1. The second-order valence-electron chi connectivity index (χ2n) is 4.76. The van der Waals surface area contributed by atoms with Crippen LogP contribution in [0.5, 0.6) is 0 Å². The molecule has 98 valence electrons. The summed E-state index contributed by atoms with van der Waals surface area (Å²) in [5.41, 5.74) is 1.94. The number of carbonyl (C=O) groups excluding carboxylic acids is 2. The minimum atomic E-state index is -0.483. The number of hydrogen-bond acceptors (Lipinski definition) is 3. The number of halogens is 1. The van der Waals surface area contributed by atoms with Gasteiger partial charge in [-0.3, -0.25) is 20.0 Å². The Labute approximate surface area is 108 Å². The number of hydrogen-bond donors (Lipinski definition) is 2. The maximum absolute atomic E-state index is 13.5. The fraction of sp³-hybridized carbons (Fsp3) is 0.308. The van der Waals surface area contributed by atoms with E-state index in [0.29, 0.717) is 28.6 Å². The van der Waals surface area contributed by atoms with Crippen LogP contribution in [0.25, 0.3) is 10.9 Å². The van der Waals surface area contributed by atoms with Crippen LogP contribution in [0.2, 0.25) is 0 Å². The van der Waals surface area contributed by atoms with Crippen LogP contribution in [0.1, 0.15) is 30.0 Å². The first-order valence-corrected chi connectivity index (χ1v) is 6.04. The number of H-pyrrole nitrogens is 1. The second-order valence-corrected chi connectivity index (χ2v) is 4.76. The van der Waals surface area contributed by atoms with E-state index < -0.39 is 5.92 Å². The zero-order valence-corrected chi connectivity index (χ0v) is 10.3. The van der Waals surface area contributed by atoms with E-state index in [4.69, 9.17) is 0 Å². The van der Waals surface area contributed by atoms with Crippen LogP contribution in [0, 0.1) is 12.7 Å². The van der Waals surface area contributed by atoms with Gasteiger partial charge >= 0.3 is 0 Å². The van der Waals surface area contributed by atoms with Gasteiger partial charge in [0.05, 0.1) is 17.1 Å². The molecule has 6 heteroatoms. The first-order valence-electron chi connectivity index (χ1n) is 6.04. The molecule has 3 rings (SSSR count). The highest BCUT2D eigenvalue weighted by Crippen LogP contribution is 2.30. The van der Waals surface area contributed by atoms with Gasteiger partial charge in [0.25, 0.3) is 0 Å². The van der Waals surface area contributed by atoms with Gasteiger partial charge in [-0.25, -0.2) is 4.39 Å². The quantitative estimate of drug-likeness (QED) is 0.764. The summed E-state index contributed by atoms with van der Waals surface area (Å²) in [5.74, 6) is -1.47. The molecule has 2 N–H and O–H groups in total. The Morgan fingerprint density at radius 2 is 2.16 bits per heavy atom. The molecule has 0 aliphatic carbocycles. The second kappa shape index (κ2) is 4.15. The van der Waals surface area contributed by atoms with Crippen molar-refractivity contribution in [2.75, 3.05) is 0 Å². The number of aromatic amines is 1. The molecule has 1 aromatic heterocycles. The predicted molar refractivity (Wildman–Crippen MR) is 65.9 cm³/mol. The lowest BCUT2D eigenvalue weighted by Gasteiger charge is -2.19. The van der Waals surface area contributed by atoms with Crippen molar-refractivity contribution in [2.24, 2.45) is 0 Å². The average molecular weight is 261 g/mol. The summed E-state index contributed by atoms with van der Waals surface area (Å²) in [5, 5.41) is 9.84. The van der Waals surface area contributed by atoms with E-state index in [1.54, 1.807) is 6.92 Å². The highest BCUT2D eigenvalue weighted by molar-refractivity contribution is 6.02. The molecule has 2 heterocycles. The minimum Gasteiger partial charge on any atom is -0.296 e. The van der Waals surface area contributed by atoms with E-state index in [0.717, 1.165) is 0 Å². The van der Waals surface area contributed by atoms with Crippen molar-refractivity contribution < 1.29 is 14.0 Å². The van der Waals surface area contributed by atoms with Gasteiger partial charge in [0, 0.05) is 11.8 Å². The van der Waals surface area contributed by atoms with Gasteiger partial charge < -0.3 is 0 Å². The number of aromatic nitrogens is 2. The first kappa shape index (κ1) is 11.8. The number of nitrogens with one attached hydrogen (secondary N) is 2. The summed E-state index contributed by atoms with van der Waals surface area (Å²) in [6, 6.07) is 2.77. The van der Waals surface area contributed by atoms with E-state index in [9.17, 15) is 14.0 Å². The number of fused-ring (bicyclic) bond motifs is 1. The molecular formula is C13H12FN3O2. The molecule has 0 saturated carbocycles. The zero-order chi connectivity index (χ0) is 13.6. The van der Waals surface area contributed by atoms with Crippen LogP contribution in [0.15, 0.2) is 12.1 Å². The smallest absolute Gasteiger partial charge is 0.235 e. The number of amides is 2. The lowest BCUT2D eigenvalue weighted by atomic mass is 9.92. The number of piperidine rings is 1. The Bertz CT molecular complexity index is 692. The van der Waals surface area contributed by atoms with Crippen molar-refractivity contribution in [3.05, 3.63) is 29.2 Å². The SMILES string of the molecule is Cc1cc(F)cc2c([C@@H]3CCC(=O)NC3=O)[nH]nc12. The Morgan fingerprint density at radius 1 is 1.37 bits per heavy atom. The van der Waals surface area contributed by atoms with Crippen molar-refractivity contribution in [1.82, 2.24) is 15.5 Å². The highest BCUT2D eigenvalue weighted by Gasteiger charge is 2.30. The number of benzene rings is 1. The third-order valence-electron chi connectivity index (χ3n) is 3.43. The van der Waals surface area contributed by atoms with Crippen molar-refractivity contribution in [2.45, 2.75) is 25.7 Å². The van der Waals surface area contributed by atoms with Crippen LogP contribution in [0.4, 0.5) is 4.39 Å². The molecule has 1 saturated heterocycles. The Hall–Kier alpha value is -2.24. The van der Waals surface area contributed by atoms with E-state index in [1.807, 2.05) is 0 Å². The molecule has 1 aromatic carbocycles. The van der Waals surface area contributed by atoms with E-state index >= 15 is 0 Å². The normalized spacial score (nSPS) is 19.8. The number of carbonyl (C=O) groups is 2. The fourth-order valence-corrected chi connectivity index (χ4v) is 2.50. The molecule has 1 atom stereocenters. The van der Waals surface area contributed by atoms with Gasteiger partial charge in [0.15, 0.2) is 0 Å². The topological polar surface area (TPSA) is 74.8 Å². The lowest BCUT2D eigenvalue weighted by molar-refractivity contribution is -0.134. The van der Waals surface area contributed by atoms with Crippen molar-refractivity contribution >= 4 is 22.7 Å². The Balaban J connectivity index is 2.11. The van der Waals surface area contributed by atoms with E-state index in [2.05, 4.69) is 15.5 Å². The summed E-state index contributed by atoms with van der Waals surface area (Å²) >= 11 is 0. The average Bonchev–Trinajstić information content (AvgIpc) is 2.73. The summed E-state index contributed by atoms with van der Waals surface area (Å²) in [6.07, 6.45) is 0.697. The van der Waals surface area contributed by atoms with Crippen LogP contribution >= 0.6 is 0 Å². The molecule has 1 fully saturated rings. The molecule has 2 amide bonds. The summed E-state index contributed by atoms with van der Waals surface area (Å²) in [6.45, 7) is 1.76. The Morgan fingerprint density at radius 3 is 2.89 bits per heavy atom. The van der Waals surface area contributed by atoms with Gasteiger partial charge in [0.2, 0.25) is 11.8 Å². The number of imide groups is 1. The standard InChI is InChI=1S/C13H12FN3O2/c1-6-4-7(14)5-9-11(6)16-17-12(9)8-2-3-10(18)15-13(8)19/h4-5,8H,2-3H2,1H3,(H,16,17)(H,15,18,19)/t8-/m0/s1. The molecular weight excluding hydrogens is 249 g/mol. The molecule has 0 radical (unpaired) electrons. The first-order chi connectivity index (χ1) is 9.06. The fourth-order valence-electron chi connectivity index (χ4n) is 2.50. The maximum atomic E-state index is 13.5. The molecule has 0 bridgehead atoms. The Kier molecular flexibility index (Phi) is 2.58. The van der Waals surface area contributed by atoms with Gasteiger partial charge in [0.1, 0.15) is 5.82 Å². The monoisotopic (exact) mass is 261 g/mol. The van der Waals surface area contributed by atoms with E-state index in [-0.39, 0.29) is 24.1 Å². The van der Waals surface area contributed by atoms with Crippen molar-refractivity contribution in [3.63, 3.8) is 0 Å². The van der Waals surface area contributed by atoms with Crippen molar-refractivity contribution in [1.29, 1.82) is 0 Å². The van der Waals surface area contributed by atoms with Gasteiger partial charge in [-0.1, -0.05) is 0 Å². The molecule has 1 aliphatic rings. The van der Waals surface area contributed by atoms with Gasteiger partial charge in [-0.2, -0.15) is 5.10 Å². The lowest BCUT2D eigenvalue weighted by Crippen LogP contribution is -2.39. The molecule has 0 unspecified atom stereocenters. The molecule has 19 heavy (non-hydrogen) atoms. The minimum absolute atomic E-state index is 0.271. The maximum Gasteiger partial charge on any atom is 0.235 e. The predicted octanol–water partition coefficient (Wildman–Crippen LogP) is 1.53. The third-order valence-corrected chi connectivity index (χ3v) is 3.43. The molecule has 0 spiro atoms. The van der Waals surface area contributed by atoms with E-state index in [1.165, 1.54) is 12.1 Å². The summed E-state index contributed by atoms with van der Waals surface area (Å²) in [4.78, 5) is 23.0. The van der Waals surface area contributed by atoms with Crippen molar-refractivity contribution in [3.8, 4) is 0 Å². The van der Waals surface area contributed by atoms with Crippen LogP contribution < -0.4 is 5.32 Å². The van der Waals surface area contributed by atoms with Crippen LogP contribution in [-0.4, -0.2) is 22.0 Å². The van der Waals surface area contributed by atoms with Gasteiger partial charge in [-0.15, -0.1) is 0 Å². The summed E-state index contributed by atoms with van der Waals surface area (Å²) < 4.78 is 13.5. The van der Waals surface area contributed by atoms with Gasteiger partial charge in [-0.05, 0) is 31.0 Å². The van der Waals surface area contributed by atoms with Crippen LogP contribution in [0.3, 0.4) is 0 Å². The largest absolute Gasteiger partial charge is 0.296 e.